The van der Waals surface area contributed by atoms with E-state index < -0.39 is 0 Å². The summed E-state index contributed by atoms with van der Waals surface area (Å²) in [4.78, 5) is 0. The van der Waals surface area contributed by atoms with Crippen LogP contribution in [0.3, 0.4) is 0 Å². The molecule has 17 heavy (non-hydrogen) atoms. The molecule has 94 valence electrons. The topological polar surface area (TPSA) is 46.2 Å². The van der Waals surface area contributed by atoms with Crippen molar-refractivity contribution in [1.82, 2.24) is 0 Å². The van der Waals surface area contributed by atoms with Gasteiger partial charge in [-0.25, -0.2) is 4.39 Å². The molecule has 0 spiro atoms. The van der Waals surface area contributed by atoms with Gasteiger partial charge in [0.15, 0.2) is 0 Å². The van der Waals surface area contributed by atoms with E-state index in [1.165, 1.54) is 12.1 Å². The highest BCUT2D eigenvalue weighted by molar-refractivity contribution is 9.10. The lowest BCUT2D eigenvalue weighted by molar-refractivity contribution is 0.0588. The van der Waals surface area contributed by atoms with Crippen LogP contribution < -0.4 is 5.73 Å². The molecule has 1 aromatic rings. The van der Waals surface area contributed by atoms with E-state index in [-0.39, 0.29) is 17.3 Å². The Morgan fingerprint density at radius 1 is 1.47 bits per heavy atom. The Morgan fingerprint density at radius 3 is 2.76 bits per heavy atom. The van der Waals surface area contributed by atoms with Gasteiger partial charge in [-0.3, -0.25) is 0 Å². The van der Waals surface area contributed by atoms with Gasteiger partial charge >= 0.3 is 0 Å². The zero-order valence-corrected chi connectivity index (χ0v) is 11.2. The van der Waals surface area contributed by atoms with Crippen LogP contribution in [0.4, 0.5) is 4.39 Å². The molecule has 1 aromatic carbocycles. The van der Waals surface area contributed by atoms with Gasteiger partial charge in [-0.05, 0) is 43.0 Å². The fourth-order valence-corrected chi connectivity index (χ4v) is 3.27. The average Bonchev–Trinajstić information content (AvgIpc) is 2.59. The second-order valence-electron chi connectivity index (χ2n) is 4.93. The van der Waals surface area contributed by atoms with Crippen LogP contribution in [0.5, 0.6) is 0 Å². The zero-order valence-electron chi connectivity index (χ0n) is 9.63. The summed E-state index contributed by atoms with van der Waals surface area (Å²) in [5, 5.41) is 10.1. The van der Waals surface area contributed by atoms with Crippen LogP contribution in [0.25, 0.3) is 0 Å². The van der Waals surface area contributed by atoms with Gasteiger partial charge in [-0.15, -0.1) is 0 Å². The summed E-state index contributed by atoms with van der Waals surface area (Å²) >= 11 is 3.28. The van der Waals surface area contributed by atoms with E-state index in [1.54, 1.807) is 0 Å². The van der Waals surface area contributed by atoms with Gasteiger partial charge in [-0.1, -0.05) is 22.4 Å². The maximum absolute atomic E-state index is 13.3. The molecule has 4 heteroatoms. The van der Waals surface area contributed by atoms with Crippen molar-refractivity contribution in [3.05, 3.63) is 34.1 Å². The molecule has 0 saturated heterocycles. The first-order chi connectivity index (χ1) is 8.05. The number of hydrogen-bond donors (Lipinski definition) is 2. The van der Waals surface area contributed by atoms with E-state index >= 15 is 0 Å². The third-order valence-electron chi connectivity index (χ3n) is 3.74. The number of aliphatic hydroxyl groups is 1. The molecule has 0 bridgehead atoms. The largest absolute Gasteiger partial charge is 0.392 e. The average molecular weight is 302 g/mol. The first-order valence-electron chi connectivity index (χ1n) is 5.89. The van der Waals surface area contributed by atoms with E-state index in [0.29, 0.717) is 13.0 Å². The molecule has 1 fully saturated rings. The molecule has 2 atom stereocenters. The van der Waals surface area contributed by atoms with Crippen molar-refractivity contribution >= 4 is 15.9 Å². The van der Waals surface area contributed by atoms with Crippen LogP contribution in [-0.2, 0) is 6.42 Å². The second kappa shape index (κ2) is 5.04. The van der Waals surface area contributed by atoms with Crippen molar-refractivity contribution < 1.29 is 9.50 Å². The number of benzene rings is 1. The summed E-state index contributed by atoms with van der Waals surface area (Å²) in [6.45, 7) is 0.447. The Morgan fingerprint density at radius 2 is 2.24 bits per heavy atom. The van der Waals surface area contributed by atoms with Crippen molar-refractivity contribution in [3.63, 3.8) is 0 Å². The minimum Gasteiger partial charge on any atom is -0.392 e. The third kappa shape index (κ3) is 2.69. The lowest BCUT2D eigenvalue weighted by atomic mass is 9.78. The first kappa shape index (κ1) is 13.0. The van der Waals surface area contributed by atoms with Gasteiger partial charge in [0.2, 0.25) is 0 Å². The molecule has 2 unspecified atom stereocenters. The number of aliphatic hydroxyl groups excluding tert-OH is 1. The monoisotopic (exact) mass is 301 g/mol. The molecule has 0 amide bonds. The Kier molecular flexibility index (Phi) is 3.85. The third-order valence-corrected chi connectivity index (χ3v) is 4.20. The van der Waals surface area contributed by atoms with Gasteiger partial charge in [-0.2, -0.15) is 0 Å². The van der Waals surface area contributed by atoms with Crippen LogP contribution in [-0.4, -0.2) is 17.8 Å². The fourth-order valence-electron chi connectivity index (χ4n) is 2.76. The lowest BCUT2D eigenvalue weighted by Crippen LogP contribution is -2.39. The maximum atomic E-state index is 13.3. The number of hydrogen-bond acceptors (Lipinski definition) is 2. The van der Waals surface area contributed by atoms with E-state index in [4.69, 9.17) is 5.73 Å². The highest BCUT2D eigenvalue weighted by atomic mass is 79.9. The van der Waals surface area contributed by atoms with E-state index in [2.05, 4.69) is 15.9 Å². The molecule has 2 rings (SSSR count). The fraction of sp³-hybridized carbons (Fsp3) is 0.538. The quantitative estimate of drug-likeness (QED) is 0.901. The van der Waals surface area contributed by atoms with Crippen molar-refractivity contribution in [3.8, 4) is 0 Å². The summed E-state index contributed by atoms with van der Waals surface area (Å²) in [6.07, 6.45) is 2.98. The summed E-state index contributed by atoms with van der Waals surface area (Å²) in [7, 11) is 0. The summed E-state index contributed by atoms with van der Waals surface area (Å²) in [6, 6.07) is 4.85. The smallest absolute Gasteiger partial charge is 0.124 e. The van der Waals surface area contributed by atoms with Crippen molar-refractivity contribution in [2.75, 3.05) is 6.54 Å². The zero-order chi connectivity index (χ0) is 12.5. The number of rotatable bonds is 3. The molecule has 1 saturated carbocycles. The Balaban J connectivity index is 2.24. The van der Waals surface area contributed by atoms with Gasteiger partial charge < -0.3 is 10.8 Å². The Hall–Kier alpha value is -0.450. The molecular formula is C13H17BrFNO. The molecule has 0 heterocycles. The molecule has 0 aromatic heterocycles. The molecule has 2 nitrogen and oxygen atoms in total. The number of nitrogens with two attached hydrogens (primary N) is 1. The molecule has 3 N–H and O–H groups in total. The van der Waals surface area contributed by atoms with Crippen molar-refractivity contribution in [2.24, 2.45) is 11.1 Å². The molecule has 1 aliphatic carbocycles. The molecule has 0 aliphatic heterocycles. The number of halogens is 2. The van der Waals surface area contributed by atoms with Gasteiger partial charge in [0.1, 0.15) is 5.82 Å². The van der Waals surface area contributed by atoms with Crippen molar-refractivity contribution in [2.45, 2.75) is 31.8 Å². The minimum absolute atomic E-state index is 0.256. The highest BCUT2D eigenvalue weighted by Crippen LogP contribution is 2.40. The minimum atomic E-state index is -0.366. The highest BCUT2D eigenvalue weighted by Gasteiger charge is 2.40. The normalized spacial score (nSPS) is 28.6. The Labute approximate surface area is 109 Å². The SMILES string of the molecule is NCC1(Cc2cc(F)cc(Br)c2)CCCC1O. The first-order valence-corrected chi connectivity index (χ1v) is 6.68. The van der Waals surface area contributed by atoms with Crippen LogP contribution in [0.15, 0.2) is 22.7 Å². The van der Waals surface area contributed by atoms with Gasteiger partial charge in [0, 0.05) is 16.4 Å². The summed E-state index contributed by atoms with van der Waals surface area (Å²) in [5.74, 6) is -0.256. The van der Waals surface area contributed by atoms with Gasteiger partial charge in [0.25, 0.3) is 0 Å². The second-order valence-corrected chi connectivity index (χ2v) is 5.84. The predicted octanol–water partition coefficient (Wildman–Crippen LogP) is 2.62. The van der Waals surface area contributed by atoms with Crippen LogP contribution in [0.2, 0.25) is 0 Å². The van der Waals surface area contributed by atoms with Crippen molar-refractivity contribution in [1.29, 1.82) is 0 Å². The summed E-state index contributed by atoms with van der Waals surface area (Å²) < 4.78 is 14.0. The molecule has 1 aliphatic rings. The lowest BCUT2D eigenvalue weighted by Gasteiger charge is -2.31. The van der Waals surface area contributed by atoms with Gasteiger partial charge in [0.05, 0.1) is 6.10 Å². The molecule has 0 radical (unpaired) electrons. The van der Waals surface area contributed by atoms with Crippen LogP contribution in [0.1, 0.15) is 24.8 Å². The standard InChI is InChI=1S/C13H17BrFNO/c14-10-4-9(5-11(15)6-10)7-13(8-16)3-1-2-12(13)17/h4-6,12,17H,1-3,7-8,16H2. The van der Waals surface area contributed by atoms with E-state index in [1.807, 2.05) is 6.07 Å². The molecular weight excluding hydrogens is 285 g/mol. The van der Waals surface area contributed by atoms with Crippen LogP contribution >= 0.6 is 15.9 Å². The predicted molar refractivity (Wildman–Crippen MR) is 69.1 cm³/mol. The summed E-state index contributed by atoms with van der Waals surface area (Å²) in [5.41, 5.74) is 6.44. The maximum Gasteiger partial charge on any atom is 0.124 e. The van der Waals surface area contributed by atoms with E-state index in [0.717, 1.165) is 29.3 Å². The Bertz CT molecular complexity index is 392. The van der Waals surface area contributed by atoms with Crippen LogP contribution in [0, 0.1) is 11.2 Å². The van der Waals surface area contributed by atoms with E-state index in [9.17, 15) is 9.50 Å².